The van der Waals surface area contributed by atoms with Gasteiger partial charge in [0, 0.05) is 23.7 Å². The predicted octanol–water partition coefficient (Wildman–Crippen LogP) is 3.60. The van der Waals surface area contributed by atoms with Crippen molar-refractivity contribution in [2.45, 2.75) is 45.7 Å². The number of carboxylic acid groups (broad SMARTS) is 1. The third-order valence-corrected chi connectivity index (χ3v) is 3.31. The Kier molecular flexibility index (Phi) is 5.22. The Morgan fingerprint density at radius 3 is 2.20 bits per heavy atom. The highest BCUT2D eigenvalue weighted by Crippen LogP contribution is 2.31. The van der Waals surface area contributed by atoms with Crippen molar-refractivity contribution in [1.29, 1.82) is 0 Å². The van der Waals surface area contributed by atoms with Gasteiger partial charge in [-0.3, -0.25) is 9.69 Å². The lowest BCUT2D eigenvalue weighted by Gasteiger charge is -2.40. The average Bonchev–Trinajstić information content (AvgIpc) is 2.26. The second-order valence-electron chi connectivity index (χ2n) is 5.82. The maximum absolute atomic E-state index is 13.9. The van der Waals surface area contributed by atoms with Crippen molar-refractivity contribution >= 4 is 5.97 Å². The van der Waals surface area contributed by atoms with Crippen LogP contribution in [0.15, 0.2) is 18.2 Å². The van der Waals surface area contributed by atoms with Crippen molar-refractivity contribution in [3.05, 3.63) is 35.4 Å². The lowest BCUT2D eigenvalue weighted by atomic mass is 9.97. The van der Waals surface area contributed by atoms with E-state index in [1.165, 1.54) is 18.2 Å². The molecule has 0 aliphatic carbocycles. The molecule has 1 aromatic carbocycles. The summed E-state index contributed by atoms with van der Waals surface area (Å²) in [5.41, 5.74) is -0.420. The zero-order valence-electron chi connectivity index (χ0n) is 12.3. The zero-order valence-corrected chi connectivity index (χ0v) is 12.3. The summed E-state index contributed by atoms with van der Waals surface area (Å²) in [6.07, 6.45) is -0.0717. The van der Waals surface area contributed by atoms with Crippen molar-refractivity contribution in [2.75, 3.05) is 6.54 Å². The quantitative estimate of drug-likeness (QED) is 0.898. The Morgan fingerprint density at radius 2 is 1.80 bits per heavy atom. The molecule has 0 aromatic heterocycles. The molecule has 3 nitrogen and oxygen atoms in total. The molecule has 1 N–H and O–H groups in total. The van der Waals surface area contributed by atoms with Crippen LogP contribution in [0.4, 0.5) is 8.78 Å². The lowest BCUT2D eigenvalue weighted by molar-refractivity contribution is -0.137. The number of carbonyl (C=O) groups is 1. The second kappa shape index (κ2) is 6.31. The van der Waals surface area contributed by atoms with E-state index in [4.69, 9.17) is 5.11 Å². The Labute approximate surface area is 118 Å². The number of hydrogen-bond donors (Lipinski definition) is 1. The van der Waals surface area contributed by atoms with Gasteiger partial charge in [-0.05, 0) is 39.8 Å². The maximum Gasteiger partial charge on any atom is 0.304 e. The molecule has 0 saturated carbocycles. The molecule has 0 heterocycles. The fourth-order valence-electron chi connectivity index (χ4n) is 2.39. The molecule has 0 spiro atoms. The van der Waals surface area contributed by atoms with Gasteiger partial charge in [0.05, 0.1) is 6.42 Å². The number of halogens is 2. The van der Waals surface area contributed by atoms with Gasteiger partial charge in [-0.15, -0.1) is 0 Å². The normalized spacial score (nSPS) is 13.6. The van der Waals surface area contributed by atoms with E-state index in [0.29, 0.717) is 0 Å². The minimum absolute atomic E-state index is 0.0205. The van der Waals surface area contributed by atoms with Gasteiger partial charge in [0.2, 0.25) is 0 Å². The molecule has 0 aliphatic rings. The van der Waals surface area contributed by atoms with Crippen LogP contribution in [0.1, 0.15) is 45.7 Å². The van der Waals surface area contributed by atoms with Crippen LogP contribution in [0.5, 0.6) is 0 Å². The van der Waals surface area contributed by atoms with E-state index in [9.17, 15) is 13.6 Å². The van der Waals surface area contributed by atoms with Crippen LogP contribution in [0.2, 0.25) is 0 Å². The van der Waals surface area contributed by atoms with Gasteiger partial charge in [0.25, 0.3) is 0 Å². The molecule has 5 heteroatoms. The Hall–Kier alpha value is -1.49. The predicted molar refractivity (Wildman–Crippen MR) is 73.5 cm³/mol. The smallest absolute Gasteiger partial charge is 0.304 e. The molecule has 0 bridgehead atoms. The van der Waals surface area contributed by atoms with Crippen molar-refractivity contribution in [2.24, 2.45) is 0 Å². The fraction of sp³-hybridized carbons (Fsp3) is 0.533. The van der Waals surface area contributed by atoms with E-state index in [-0.39, 0.29) is 18.5 Å². The number of nitrogens with zero attached hydrogens (tertiary/aromatic N) is 1. The van der Waals surface area contributed by atoms with Crippen molar-refractivity contribution in [3.8, 4) is 0 Å². The zero-order chi connectivity index (χ0) is 15.5. The van der Waals surface area contributed by atoms with Gasteiger partial charge < -0.3 is 5.11 Å². The highest BCUT2D eigenvalue weighted by Gasteiger charge is 2.30. The third-order valence-electron chi connectivity index (χ3n) is 3.31. The van der Waals surface area contributed by atoms with Crippen LogP contribution >= 0.6 is 0 Å². The van der Waals surface area contributed by atoms with Crippen LogP contribution < -0.4 is 0 Å². The number of carboxylic acids is 1. The molecule has 0 fully saturated rings. The molecular formula is C15H21F2NO2. The van der Waals surface area contributed by atoms with Crippen LogP contribution in [0, 0.1) is 11.6 Å². The Bertz CT molecular complexity index is 463. The number of rotatable bonds is 5. The van der Waals surface area contributed by atoms with E-state index in [2.05, 4.69) is 0 Å². The molecule has 1 rings (SSSR count). The van der Waals surface area contributed by atoms with Crippen molar-refractivity contribution in [1.82, 2.24) is 4.90 Å². The topological polar surface area (TPSA) is 40.5 Å². The SMILES string of the molecule is CC(c1c(F)cccc1F)N(CCC(=O)O)C(C)(C)C. The summed E-state index contributed by atoms with van der Waals surface area (Å²) in [5.74, 6) is -2.15. The summed E-state index contributed by atoms with van der Waals surface area (Å²) >= 11 is 0. The molecule has 112 valence electrons. The van der Waals surface area contributed by atoms with Crippen LogP contribution in [-0.4, -0.2) is 28.1 Å². The first-order chi connectivity index (χ1) is 9.14. The molecule has 0 aliphatic heterocycles. The first-order valence-corrected chi connectivity index (χ1v) is 6.57. The molecule has 0 radical (unpaired) electrons. The highest BCUT2D eigenvalue weighted by molar-refractivity contribution is 5.66. The monoisotopic (exact) mass is 285 g/mol. The largest absolute Gasteiger partial charge is 0.481 e. The van der Waals surface area contributed by atoms with Gasteiger partial charge in [-0.1, -0.05) is 6.07 Å². The van der Waals surface area contributed by atoms with Gasteiger partial charge >= 0.3 is 5.97 Å². The van der Waals surface area contributed by atoms with Crippen LogP contribution in [0.25, 0.3) is 0 Å². The number of aliphatic carboxylic acids is 1. The van der Waals surface area contributed by atoms with E-state index < -0.39 is 29.2 Å². The molecule has 1 unspecified atom stereocenters. The summed E-state index contributed by atoms with van der Waals surface area (Å²) in [4.78, 5) is 12.5. The molecule has 1 atom stereocenters. The first-order valence-electron chi connectivity index (χ1n) is 6.57. The minimum atomic E-state index is -0.930. The summed E-state index contributed by atoms with van der Waals surface area (Å²) in [6.45, 7) is 7.60. The molecular weight excluding hydrogens is 264 g/mol. The van der Waals surface area contributed by atoms with E-state index in [1.807, 2.05) is 20.8 Å². The van der Waals surface area contributed by atoms with Gasteiger partial charge in [0.1, 0.15) is 11.6 Å². The van der Waals surface area contributed by atoms with Crippen LogP contribution in [0.3, 0.4) is 0 Å². The van der Waals surface area contributed by atoms with Crippen LogP contribution in [-0.2, 0) is 4.79 Å². The van der Waals surface area contributed by atoms with Gasteiger partial charge in [0.15, 0.2) is 0 Å². The summed E-state index contributed by atoms with van der Waals surface area (Å²) in [6, 6.07) is 3.20. The molecule has 1 aromatic rings. The van der Waals surface area contributed by atoms with E-state index in [1.54, 1.807) is 11.8 Å². The Balaban J connectivity index is 3.10. The minimum Gasteiger partial charge on any atom is -0.481 e. The van der Waals surface area contributed by atoms with Gasteiger partial charge in [-0.25, -0.2) is 8.78 Å². The average molecular weight is 285 g/mol. The summed E-state index contributed by atoms with van der Waals surface area (Å²) in [7, 11) is 0. The standard InChI is InChI=1S/C15H21F2NO2/c1-10(14-11(16)6-5-7-12(14)17)18(15(2,3)4)9-8-13(19)20/h5-7,10H,8-9H2,1-4H3,(H,19,20). The van der Waals surface area contributed by atoms with Gasteiger partial charge in [-0.2, -0.15) is 0 Å². The first kappa shape index (κ1) is 16.6. The van der Waals surface area contributed by atoms with E-state index >= 15 is 0 Å². The maximum atomic E-state index is 13.9. The summed E-state index contributed by atoms with van der Waals surface area (Å²) in [5, 5.41) is 8.81. The Morgan fingerprint density at radius 1 is 1.30 bits per heavy atom. The molecule has 0 saturated heterocycles. The van der Waals surface area contributed by atoms with Crippen molar-refractivity contribution in [3.63, 3.8) is 0 Å². The van der Waals surface area contributed by atoms with Crippen molar-refractivity contribution < 1.29 is 18.7 Å². The van der Waals surface area contributed by atoms with E-state index in [0.717, 1.165) is 0 Å². The fourth-order valence-corrected chi connectivity index (χ4v) is 2.39. The summed E-state index contributed by atoms with van der Waals surface area (Å²) < 4.78 is 27.7. The number of benzene rings is 1. The second-order valence-corrected chi connectivity index (χ2v) is 5.82. The number of hydrogen-bond acceptors (Lipinski definition) is 2. The molecule has 0 amide bonds. The highest BCUT2D eigenvalue weighted by atomic mass is 19.1. The molecule has 20 heavy (non-hydrogen) atoms. The lowest BCUT2D eigenvalue weighted by Crippen LogP contribution is -2.44. The third kappa shape index (κ3) is 4.00.